The van der Waals surface area contributed by atoms with Gasteiger partial charge >= 0.3 is 5.91 Å². The van der Waals surface area contributed by atoms with E-state index in [9.17, 15) is 14.7 Å². The molecule has 1 atom stereocenters. The standard InChI is InChI=1S/C23H20N2O3S/c1-14(2)15-8-10-16(11-9-15)19-18(20(26)17-6-4-3-5-7-17)21(27)22(28)25(19)23-24-12-13-29-23/h3-14,19,26H,1-2H3/t19-/m0/s1. The van der Waals surface area contributed by atoms with E-state index in [1.807, 2.05) is 30.3 Å². The van der Waals surface area contributed by atoms with Crippen LogP contribution in [0.3, 0.4) is 0 Å². The molecule has 5 nitrogen and oxygen atoms in total. The smallest absolute Gasteiger partial charge is 0.301 e. The van der Waals surface area contributed by atoms with Crippen molar-refractivity contribution in [3.05, 3.63) is 88.4 Å². The summed E-state index contributed by atoms with van der Waals surface area (Å²) in [7, 11) is 0. The van der Waals surface area contributed by atoms with Crippen molar-refractivity contribution >= 4 is 33.9 Å². The lowest BCUT2D eigenvalue weighted by atomic mass is 9.93. The summed E-state index contributed by atoms with van der Waals surface area (Å²) >= 11 is 1.28. The molecule has 6 heteroatoms. The first kappa shape index (κ1) is 19.1. The fraction of sp³-hybridized carbons (Fsp3) is 0.174. The molecule has 1 aromatic heterocycles. The Morgan fingerprint density at radius 3 is 2.34 bits per heavy atom. The fourth-order valence-corrected chi connectivity index (χ4v) is 4.16. The molecule has 0 unspecified atom stereocenters. The average Bonchev–Trinajstić information content (AvgIpc) is 3.35. The summed E-state index contributed by atoms with van der Waals surface area (Å²) in [6.07, 6.45) is 1.59. The Morgan fingerprint density at radius 1 is 1.07 bits per heavy atom. The number of aliphatic hydroxyl groups excluding tert-OH is 1. The lowest BCUT2D eigenvalue weighted by molar-refractivity contribution is -0.132. The van der Waals surface area contributed by atoms with Crippen molar-refractivity contribution in [2.75, 3.05) is 4.90 Å². The molecule has 1 fully saturated rings. The summed E-state index contributed by atoms with van der Waals surface area (Å²) in [6.45, 7) is 4.21. The minimum Gasteiger partial charge on any atom is -0.507 e. The molecular formula is C23H20N2O3S. The van der Waals surface area contributed by atoms with Gasteiger partial charge in [-0.15, -0.1) is 11.3 Å². The van der Waals surface area contributed by atoms with Gasteiger partial charge in [0, 0.05) is 17.1 Å². The molecule has 1 aliphatic rings. The van der Waals surface area contributed by atoms with Crippen LogP contribution >= 0.6 is 11.3 Å². The molecule has 0 saturated carbocycles. The Hall–Kier alpha value is -3.25. The van der Waals surface area contributed by atoms with Crippen LogP contribution < -0.4 is 4.90 Å². The van der Waals surface area contributed by atoms with Crippen molar-refractivity contribution in [2.24, 2.45) is 0 Å². The summed E-state index contributed by atoms with van der Waals surface area (Å²) in [4.78, 5) is 31.5. The Balaban J connectivity index is 1.91. The van der Waals surface area contributed by atoms with Gasteiger partial charge in [-0.3, -0.25) is 14.5 Å². The molecule has 146 valence electrons. The van der Waals surface area contributed by atoms with Crippen LogP contribution in [0.1, 0.15) is 42.5 Å². The van der Waals surface area contributed by atoms with Gasteiger partial charge < -0.3 is 5.11 Å². The second-order valence-electron chi connectivity index (χ2n) is 7.17. The molecule has 0 aliphatic carbocycles. The topological polar surface area (TPSA) is 70.5 Å². The third kappa shape index (κ3) is 3.36. The minimum atomic E-state index is -0.734. The van der Waals surface area contributed by atoms with Crippen LogP contribution in [0, 0.1) is 0 Å². The van der Waals surface area contributed by atoms with Crippen molar-refractivity contribution in [2.45, 2.75) is 25.8 Å². The Labute approximate surface area is 173 Å². The van der Waals surface area contributed by atoms with Crippen LogP contribution in [0.5, 0.6) is 0 Å². The van der Waals surface area contributed by atoms with Gasteiger partial charge in [0.25, 0.3) is 5.78 Å². The maximum absolute atomic E-state index is 13.0. The van der Waals surface area contributed by atoms with Gasteiger partial charge in [-0.05, 0) is 17.0 Å². The highest BCUT2D eigenvalue weighted by Gasteiger charge is 2.47. The third-order valence-corrected chi connectivity index (χ3v) is 5.81. The van der Waals surface area contributed by atoms with E-state index < -0.39 is 17.7 Å². The van der Waals surface area contributed by atoms with Gasteiger partial charge in [0.2, 0.25) is 0 Å². The van der Waals surface area contributed by atoms with Crippen LogP contribution in [0.2, 0.25) is 0 Å². The van der Waals surface area contributed by atoms with Gasteiger partial charge in [0.05, 0.1) is 11.6 Å². The average molecular weight is 404 g/mol. The summed E-state index contributed by atoms with van der Waals surface area (Å²) in [5, 5.41) is 13.1. The van der Waals surface area contributed by atoms with Crippen LogP contribution in [-0.4, -0.2) is 21.8 Å². The van der Waals surface area contributed by atoms with Crippen LogP contribution in [0.15, 0.2) is 71.7 Å². The van der Waals surface area contributed by atoms with Crippen LogP contribution in [0.25, 0.3) is 5.76 Å². The molecule has 2 heterocycles. The molecule has 0 radical (unpaired) electrons. The number of hydrogen-bond acceptors (Lipinski definition) is 5. The van der Waals surface area contributed by atoms with Crippen molar-refractivity contribution < 1.29 is 14.7 Å². The largest absolute Gasteiger partial charge is 0.507 e. The number of Topliss-reactive ketones (excluding diaryl/α,β-unsaturated/α-hetero) is 1. The Morgan fingerprint density at radius 2 is 1.76 bits per heavy atom. The van der Waals surface area contributed by atoms with E-state index in [-0.39, 0.29) is 11.3 Å². The summed E-state index contributed by atoms with van der Waals surface area (Å²) in [6, 6.07) is 15.9. The first-order valence-electron chi connectivity index (χ1n) is 9.35. The first-order chi connectivity index (χ1) is 14.0. The van der Waals surface area contributed by atoms with Crippen molar-refractivity contribution in [1.29, 1.82) is 0 Å². The summed E-state index contributed by atoms with van der Waals surface area (Å²) in [5.74, 6) is -1.21. The number of hydrogen-bond donors (Lipinski definition) is 1. The van der Waals surface area contributed by atoms with Gasteiger partial charge in [-0.1, -0.05) is 68.4 Å². The van der Waals surface area contributed by atoms with E-state index in [2.05, 4.69) is 18.8 Å². The number of carbonyl (C=O) groups is 2. The SMILES string of the molecule is CC(C)c1ccc([C@H]2C(=C(O)c3ccccc3)C(=O)C(=O)N2c2nccs2)cc1. The predicted molar refractivity (Wildman–Crippen MR) is 114 cm³/mol. The molecule has 1 N–H and O–H groups in total. The van der Waals surface area contributed by atoms with Gasteiger partial charge in [-0.25, -0.2) is 4.98 Å². The van der Waals surface area contributed by atoms with E-state index >= 15 is 0 Å². The molecule has 1 aliphatic heterocycles. The lowest BCUT2D eigenvalue weighted by Crippen LogP contribution is -2.29. The van der Waals surface area contributed by atoms with Crippen molar-refractivity contribution in [3.63, 3.8) is 0 Å². The zero-order chi connectivity index (χ0) is 20.5. The number of aliphatic hydroxyl groups is 1. The predicted octanol–water partition coefficient (Wildman–Crippen LogP) is 4.89. The number of aromatic nitrogens is 1. The molecule has 0 spiro atoms. The number of rotatable bonds is 4. The molecule has 2 aromatic carbocycles. The highest BCUT2D eigenvalue weighted by Crippen LogP contribution is 2.42. The van der Waals surface area contributed by atoms with Gasteiger partial charge in [0.1, 0.15) is 5.76 Å². The highest BCUT2D eigenvalue weighted by molar-refractivity contribution is 7.14. The molecule has 4 rings (SSSR count). The van der Waals surface area contributed by atoms with E-state index in [1.54, 1.807) is 35.8 Å². The summed E-state index contributed by atoms with van der Waals surface area (Å²) in [5.41, 5.74) is 2.48. The lowest BCUT2D eigenvalue weighted by Gasteiger charge is -2.23. The van der Waals surface area contributed by atoms with E-state index in [4.69, 9.17) is 0 Å². The van der Waals surface area contributed by atoms with Crippen LogP contribution in [-0.2, 0) is 9.59 Å². The maximum atomic E-state index is 13.0. The second-order valence-corrected chi connectivity index (χ2v) is 8.04. The first-order valence-corrected chi connectivity index (χ1v) is 10.2. The van der Waals surface area contributed by atoms with Crippen molar-refractivity contribution in [3.8, 4) is 0 Å². The zero-order valence-corrected chi connectivity index (χ0v) is 16.9. The maximum Gasteiger partial charge on any atom is 0.301 e. The quantitative estimate of drug-likeness (QED) is 0.382. The zero-order valence-electron chi connectivity index (χ0n) is 16.1. The number of amides is 1. The third-order valence-electron chi connectivity index (χ3n) is 5.04. The summed E-state index contributed by atoms with van der Waals surface area (Å²) < 4.78 is 0. The monoisotopic (exact) mass is 404 g/mol. The van der Waals surface area contributed by atoms with Gasteiger partial charge in [0.15, 0.2) is 5.13 Å². The number of thiazole rings is 1. The molecule has 1 amide bonds. The Kier molecular flexibility index (Phi) is 5.03. The number of benzene rings is 2. The molecular weight excluding hydrogens is 384 g/mol. The second kappa shape index (κ2) is 7.64. The molecule has 3 aromatic rings. The number of nitrogens with zero attached hydrogens (tertiary/aromatic N) is 2. The molecule has 29 heavy (non-hydrogen) atoms. The molecule has 0 bridgehead atoms. The van der Waals surface area contributed by atoms with E-state index in [0.717, 1.165) is 11.1 Å². The van der Waals surface area contributed by atoms with E-state index in [0.29, 0.717) is 16.6 Å². The van der Waals surface area contributed by atoms with Crippen LogP contribution in [0.4, 0.5) is 5.13 Å². The number of ketones is 1. The van der Waals surface area contributed by atoms with E-state index in [1.165, 1.54) is 16.2 Å². The minimum absolute atomic E-state index is 0.0775. The highest BCUT2D eigenvalue weighted by atomic mass is 32.1. The fourth-order valence-electron chi connectivity index (χ4n) is 3.49. The normalized spacial score (nSPS) is 18.6. The van der Waals surface area contributed by atoms with Gasteiger partial charge in [-0.2, -0.15) is 0 Å². The number of carbonyl (C=O) groups excluding carboxylic acids is 2. The molecule has 1 saturated heterocycles. The Bertz CT molecular complexity index is 1070. The number of anilines is 1. The van der Waals surface area contributed by atoms with Crippen molar-refractivity contribution in [1.82, 2.24) is 4.98 Å².